The molecule has 1 aromatic heterocycles. The molecule has 1 saturated heterocycles. The zero-order valence-corrected chi connectivity index (χ0v) is 12.7. The average molecular weight is 328 g/mol. The lowest BCUT2D eigenvalue weighted by molar-refractivity contribution is -0.112. The number of anilines is 1. The third-order valence-corrected chi connectivity index (χ3v) is 4.70. The van der Waals surface area contributed by atoms with E-state index in [0.29, 0.717) is 5.69 Å². The molecular weight excluding hydrogens is 314 g/mol. The number of carbonyl (C=O) groups excluding carboxylic acids is 1. The monoisotopic (exact) mass is 328 g/mol. The first-order valence-electron chi connectivity index (χ1n) is 7.70. The van der Waals surface area contributed by atoms with Crippen molar-refractivity contribution < 1.29 is 13.6 Å². The van der Waals surface area contributed by atoms with Crippen molar-refractivity contribution in [3.8, 4) is 6.07 Å². The van der Waals surface area contributed by atoms with Gasteiger partial charge >= 0.3 is 6.03 Å². The molecule has 2 fully saturated rings. The largest absolute Gasteiger partial charge is 0.326 e. The number of nitriles is 1. The molecule has 7 heteroatoms. The number of hydrogen-bond donors (Lipinski definition) is 0. The summed E-state index contributed by atoms with van der Waals surface area (Å²) in [5.41, 5.74) is 0.540. The van der Waals surface area contributed by atoms with E-state index in [4.69, 9.17) is 0 Å². The van der Waals surface area contributed by atoms with Gasteiger partial charge in [-0.1, -0.05) is 24.3 Å². The zero-order valence-electron chi connectivity index (χ0n) is 12.7. The molecule has 1 unspecified atom stereocenters. The molecule has 2 amide bonds. The van der Waals surface area contributed by atoms with Gasteiger partial charge in [0.05, 0.1) is 24.5 Å². The Hall–Kier alpha value is -2.75. The van der Waals surface area contributed by atoms with E-state index in [1.165, 1.54) is 9.80 Å². The number of benzene rings is 1. The lowest BCUT2D eigenvalue weighted by atomic mass is 9.87. The van der Waals surface area contributed by atoms with Gasteiger partial charge in [-0.3, -0.25) is 9.88 Å². The van der Waals surface area contributed by atoms with Gasteiger partial charge in [-0.15, -0.1) is 0 Å². The van der Waals surface area contributed by atoms with Crippen LogP contribution < -0.4 is 4.90 Å². The van der Waals surface area contributed by atoms with Crippen LogP contribution in [0.2, 0.25) is 0 Å². The average Bonchev–Trinajstić information content (AvgIpc) is 2.88. The Morgan fingerprint density at radius 3 is 2.71 bits per heavy atom. The smallest absolute Gasteiger partial charge is 0.318 e. The Kier molecular flexibility index (Phi) is 3.17. The fraction of sp³-hybridized carbons (Fsp3) is 0.353. The molecular formula is C17H14F2N4O. The molecule has 1 atom stereocenters. The van der Waals surface area contributed by atoms with Crippen LogP contribution in [0.5, 0.6) is 0 Å². The second-order valence-electron chi connectivity index (χ2n) is 6.25. The highest BCUT2D eigenvalue weighted by Gasteiger charge is 2.53. The van der Waals surface area contributed by atoms with Crippen LogP contribution in [0.4, 0.5) is 19.3 Å². The Balaban J connectivity index is 1.71. The molecule has 2 aromatic rings. The minimum atomic E-state index is -2.71. The number of rotatable bonds is 2. The fourth-order valence-corrected chi connectivity index (χ4v) is 3.44. The molecule has 2 heterocycles. The topological polar surface area (TPSA) is 60.2 Å². The van der Waals surface area contributed by atoms with Crippen molar-refractivity contribution in [2.24, 2.45) is 0 Å². The van der Waals surface area contributed by atoms with Gasteiger partial charge in [-0.25, -0.2) is 13.6 Å². The number of carbonyl (C=O) groups is 1. The van der Waals surface area contributed by atoms with Crippen molar-refractivity contribution in [3.05, 3.63) is 36.7 Å². The molecule has 0 spiro atoms. The first-order chi connectivity index (χ1) is 11.5. The highest BCUT2D eigenvalue weighted by molar-refractivity contribution is 6.04. The highest BCUT2D eigenvalue weighted by Crippen LogP contribution is 2.43. The summed E-state index contributed by atoms with van der Waals surface area (Å²) in [4.78, 5) is 19.7. The third-order valence-electron chi connectivity index (χ3n) is 4.70. The Morgan fingerprint density at radius 1 is 1.25 bits per heavy atom. The number of aromatic nitrogens is 1. The lowest BCUT2D eigenvalue weighted by Crippen LogP contribution is -2.52. The van der Waals surface area contributed by atoms with Gasteiger partial charge < -0.3 is 4.90 Å². The number of urea groups is 1. The van der Waals surface area contributed by atoms with Crippen LogP contribution in [0, 0.1) is 11.3 Å². The Labute approximate surface area is 137 Å². The number of pyridine rings is 1. The number of halogens is 2. The maximum Gasteiger partial charge on any atom is 0.326 e. The molecule has 4 rings (SSSR count). The van der Waals surface area contributed by atoms with E-state index in [9.17, 15) is 18.8 Å². The second-order valence-corrected chi connectivity index (χ2v) is 6.25. The van der Waals surface area contributed by atoms with Crippen LogP contribution in [-0.4, -0.2) is 40.5 Å². The van der Waals surface area contributed by atoms with Crippen molar-refractivity contribution >= 4 is 22.5 Å². The van der Waals surface area contributed by atoms with Gasteiger partial charge in [-0.05, 0) is 0 Å². The van der Waals surface area contributed by atoms with Gasteiger partial charge in [0.15, 0.2) is 0 Å². The summed E-state index contributed by atoms with van der Waals surface area (Å²) in [6.45, 7) is 0.138. The number of amides is 2. The normalized spacial score (nSPS) is 23.4. The molecule has 2 aliphatic rings. The van der Waals surface area contributed by atoms with Crippen molar-refractivity contribution in [2.75, 3.05) is 11.4 Å². The highest BCUT2D eigenvalue weighted by atomic mass is 19.3. The predicted molar refractivity (Wildman–Crippen MR) is 83.7 cm³/mol. The maximum absolute atomic E-state index is 13.1. The molecule has 0 N–H and O–H groups in total. The van der Waals surface area contributed by atoms with Gasteiger partial charge in [0.1, 0.15) is 6.04 Å². The minimum absolute atomic E-state index is 0.138. The van der Waals surface area contributed by atoms with Crippen molar-refractivity contribution in [1.82, 2.24) is 9.88 Å². The summed E-state index contributed by atoms with van der Waals surface area (Å²) in [6.07, 6.45) is 2.56. The van der Waals surface area contributed by atoms with E-state index in [2.05, 4.69) is 11.1 Å². The molecule has 1 aliphatic carbocycles. The number of alkyl halides is 2. The summed E-state index contributed by atoms with van der Waals surface area (Å²) in [6, 6.07) is 7.93. The lowest BCUT2D eigenvalue weighted by Gasteiger charge is -2.40. The van der Waals surface area contributed by atoms with E-state index in [1.54, 1.807) is 12.4 Å². The van der Waals surface area contributed by atoms with Crippen molar-refractivity contribution in [2.45, 2.75) is 30.8 Å². The van der Waals surface area contributed by atoms with Gasteiger partial charge in [-0.2, -0.15) is 5.26 Å². The molecule has 24 heavy (non-hydrogen) atoms. The summed E-state index contributed by atoms with van der Waals surface area (Å²) in [5, 5.41) is 11.1. The summed E-state index contributed by atoms with van der Waals surface area (Å²) in [7, 11) is 0. The fourth-order valence-electron chi connectivity index (χ4n) is 3.44. The van der Waals surface area contributed by atoms with Crippen LogP contribution in [0.15, 0.2) is 36.7 Å². The van der Waals surface area contributed by atoms with Crippen LogP contribution in [0.3, 0.4) is 0 Å². The maximum atomic E-state index is 13.1. The van der Waals surface area contributed by atoms with Gasteiger partial charge in [0, 0.05) is 35.9 Å². The molecule has 1 aliphatic heterocycles. The van der Waals surface area contributed by atoms with Gasteiger partial charge in [0.2, 0.25) is 0 Å². The van der Waals surface area contributed by atoms with Crippen molar-refractivity contribution in [3.63, 3.8) is 0 Å². The van der Waals surface area contributed by atoms with Crippen LogP contribution in [0.25, 0.3) is 10.8 Å². The summed E-state index contributed by atoms with van der Waals surface area (Å²) in [5.74, 6) is -2.71. The van der Waals surface area contributed by atoms with Crippen LogP contribution in [-0.2, 0) is 0 Å². The van der Waals surface area contributed by atoms with Gasteiger partial charge in [0.25, 0.3) is 5.92 Å². The predicted octanol–water partition coefficient (Wildman–Crippen LogP) is 3.17. The summed E-state index contributed by atoms with van der Waals surface area (Å²) < 4.78 is 26.3. The zero-order chi connectivity index (χ0) is 16.9. The second kappa shape index (κ2) is 5.13. The van der Waals surface area contributed by atoms with Crippen molar-refractivity contribution in [1.29, 1.82) is 5.26 Å². The molecule has 0 bridgehead atoms. The number of hydrogen-bond acceptors (Lipinski definition) is 3. The first-order valence-corrected chi connectivity index (χ1v) is 7.70. The van der Waals surface area contributed by atoms with Crippen LogP contribution in [0.1, 0.15) is 12.8 Å². The first kappa shape index (κ1) is 14.8. The number of fused-ring (bicyclic) bond motifs is 1. The Morgan fingerprint density at radius 2 is 2.00 bits per heavy atom. The molecule has 1 aromatic carbocycles. The molecule has 122 valence electrons. The SMILES string of the molecule is N#CC1CN(C2CC(F)(F)C2)C(=O)N1c1cncc2ccccc12. The third kappa shape index (κ3) is 2.18. The Bertz CT molecular complexity index is 850. The molecule has 0 radical (unpaired) electrons. The standard InChI is InChI=1S/C17H14F2N4O/c18-17(19)5-12(6-17)22-10-13(7-20)23(16(22)24)15-9-21-8-11-3-1-2-4-14(11)15/h1-4,8-9,12-13H,5-6,10H2. The van der Waals surface area contributed by atoms with E-state index in [-0.39, 0.29) is 19.4 Å². The minimum Gasteiger partial charge on any atom is -0.318 e. The van der Waals surface area contributed by atoms with E-state index >= 15 is 0 Å². The quantitative estimate of drug-likeness (QED) is 0.851. The molecule has 5 nitrogen and oxygen atoms in total. The number of nitrogens with zero attached hydrogens (tertiary/aromatic N) is 4. The van der Waals surface area contributed by atoms with E-state index < -0.39 is 24.0 Å². The summed E-state index contributed by atoms with van der Waals surface area (Å²) >= 11 is 0. The van der Waals surface area contributed by atoms with E-state index in [0.717, 1.165) is 10.8 Å². The van der Waals surface area contributed by atoms with E-state index in [1.807, 2.05) is 24.3 Å². The van der Waals surface area contributed by atoms with Crippen LogP contribution >= 0.6 is 0 Å². The molecule has 1 saturated carbocycles.